The summed E-state index contributed by atoms with van der Waals surface area (Å²) in [5.74, 6) is -0.476. The number of amides is 1. The second-order valence-electron chi connectivity index (χ2n) is 5.37. The first kappa shape index (κ1) is 14.5. The highest BCUT2D eigenvalue weighted by Gasteiger charge is 2.32. The summed E-state index contributed by atoms with van der Waals surface area (Å²) in [5.41, 5.74) is 0.757. The number of carbonyl (C=O) groups is 1. The molecule has 4 heteroatoms. The van der Waals surface area contributed by atoms with E-state index in [4.69, 9.17) is 0 Å². The van der Waals surface area contributed by atoms with Crippen LogP contribution in [0.5, 0.6) is 0 Å². The van der Waals surface area contributed by atoms with Crippen LogP contribution in [0.15, 0.2) is 22.7 Å². The van der Waals surface area contributed by atoms with E-state index in [1.54, 1.807) is 0 Å². The van der Waals surface area contributed by atoms with Crippen molar-refractivity contribution in [2.45, 2.75) is 39.0 Å². The molecule has 0 radical (unpaired) electrons. The number of halogens is 2. The number of carbonyl (C=O) groups excluding carboxylic acids is 1. The van der Waals surface area contributed by atoms with Gasteiger partial charge in [0.1, 0.15) is 5.82 Å². The summed E-state index contributed by atoms with van der Waals surface area (Å²) < 4.78 is 13.5. The van der Waals surface area contributed by atoms with Gasteiger partial charge in [-0.05, 0) is 58.8 Å². The van der Waals surface area contributed by atoms with Crippen LogP contribution in [-0.4, -0.2) is 12.5 Å². The summed E-state index contributed by atoms with van der Waals surface area (Å²) in [7, 11) is 0. The van der Waals surface area contributed by atoms with Crippen LogP contribution in [0.2, 0.25) is 0 Å². The van der Waals surface area contributed by atoms with E-state index < -0.39 is 0 Å². The number of hydrogen-bond donors (Lipinski definition) is 1. The van der Waals surface area contributed by atoms with Crippen LogP contribution in [-0.2, 0) is 0 Å². The molecule has 104 valence electrons. The van der Waals surface area contributed by atoms with Crippen LogP contribution in [0, 0.1) is 11.2 Å². The largest absolute Gasteiger partial charge is 0.351 e. The van der Waals surface area contributed by atoms with Gasteiger partial charge in [-0.2, -0.15) is 0 Å². The average molecular weight is 328 g/mol. The normalized spacial score (nSPS) is 17.4. The lowest BCUT2D eigenvalue weighted by atomic mass is 9.83. The first-order chi connectivity index (χ1) is 9.06. The van der Waals surface area contributed by atoms with Crippen molar-refractivity contribution in [2.24, 2.45) is 5.41 Å². The van der Waals surface area contributed by atoms with Gasteiger partial charge in [0.25, 0.3) is 5.91 Å². The lowest BCUT2D eigenvalue weighted by Gasteiger charge is -2.27. The van der Waals surface area contributed by atoms with Gasteiger partial charge in [-0.1, -0.05) is 19.8 Å². The Hall–Kier alpha value is -0.900. The Morgan fingerprint density at radius 2 is 2.11 bits per heavy atom. The van der Waals surface area contributed by atoms with E-state index in [1.165, 1.54) is 43.9 Å². The van der Waals surface area contributed by atoms with E-state index in [1.807, 2.05) is 0 Å². The predicted octanol–water partition coefficient (Wildman–Crippen LogP) is 4.29. The molecule has 0 atom stereocenters. The number of rotatable bonds is 4. The summed E-state index contributed by atoms with van der Waals surface area (Å²) in [5, 5.41) is 3.00. The Bertz CT molecular complexity index is 469. The molecule has 1 N–H and O–H groups in total. The molecule has 2 rings (SSSR count). The zero-order chi connectivity index (χ0) is 13.9. The molecule has 1 saturated carbocycles. The third kappa shape index (κ3) is 3.35. The van der Waals surface area contributed by atoms with E-state index in [0.29, 0.717) is 16.6 Å². The van der Waals surface area contributed by atoms with Gasteiger partial charge in [-0.25, -0.2) is 4.39 Å². The summed E-state index contributed by atoms with van der Waals surface area (Å²) in [6, 6.07) is 4.15. The smallest absolute Gasteiger partial charge is 0.252 e. The lowest BCUT2D eigenvalue weighted by Crippen LogP contribution is -2.35. The highest BCUT2D eigenvalue weighted by molar-refractivity contribution is 9.10. The van der Waals surface area contributed by atoms with Gasteiger partial charge in [-0.15, -0.1) is 0 Å². The van der Waals surface area contributed by atoms with Crippen molar-refractivity contribution in [2.75, 3.05) is 6.54 Å². The minimum Gasteiger partial charge on any atom is -0.351 e. The van der Waals surface area contributed by atoms with Crippen molar-refractivity contribution < 1.29 is 9.18 Å². The molecule has 1 aliphatic carbocycles. The van der Waals surface area contributed by atoms with E-state index in [0.717, 1.165) is 6.42 Å². The average Bonchev–Trinajstić information content (AvgIpc) is 2.85. The summed E-state index contributed by atoms with van der Waals surface area (Å²) in [6.45, 7) is 2.90. The zero-order valence-electron chi connectivity index (χ0n) is 11.1. The number of benzene rings is 1. The Kier molecular flexibility index (Phi) is 4.61. The molecular weight excluding hydrogens is 309 g/mol. The molecule has 0 spiro atoms. The molecule has 1 aliphatic rings. The Morgan fingerprint density at radius 1 is 1.42 bits per heavy atom. The second-order valence-corrected chi connectivity index (χ2v) is 6.22. The highest BCUT2D eigenvalue weighted by atomic mass is 79.9. The highest BCUT2D eigenvalue weighted by Crippen LogP contribution is 2.40. The van der Waals surface area contributed by atoms with Crippen molar-refractivity contribution >= 4 is 21.8 Å². The van der Waals surface area contributed by atoms with E-state index >= 15 is 0 Å². The second kappa shape index (κ2) is 6.04. The Balaban J connectivity index is 2.01. The standard InChI is InChI=1S/C15H19BrFNO/c1-2-15(7-3-4-8-15)10-18-14(19)12-6-5-11(17)9-13(12)16/h5-6,9H,2-4,7-8,10H2,1H3,(H,18,19). The lowest BCUT2D eigenvalue weighted by molar-refractivity contribution is 0.0928. The minimum absolute atomic E-state index is 0.133. The van der Waals surface area contributed by atoms with Crippen molar-refractivity contribution in [1.29, 1.82) is 0 Å². The van der Waals surface area contributed by atoms with Gasteiger partial charge in [-0.3, -0.25) is 4.79 Å². The molecule has 0 heterocycles. The third-order valence-electron chi connectivity index (χ3n) is 4.21. The van der Waals surface area contributed by atoms with Gasteiger partial charge in [0.05, 0.1) is 5.56 Å². The van der Waals surface area contributed by atoms with Gasteiger partial charge in [0.15, 0.2) is 0 Å². The topological polar surface area (TPSA) is 29.1 Å². The SMILES string of the molecule is CCC1(CNC(=O)c2ccc(F)cc2Br)CCCC1. The molecule has 19 heavy (non-hydrogen) atoms. The predicted molar refractivity (Wildman–Crippen MR) is 77.6 cm³/mol. The maximum Gasteiger partial charge on any atom is 0.252 e. The first-order valence-electron chi connectivity index (χ1n) is 6.79. The van der Waals surface area contributed by atoms with E-state index in [2.05, 4.69) is 28.2 Å². The van der Waals surface area contributed by atoms with Crippen LogP contribution >= 0.6 is 15.9 Å². The maximum atomic E-state index is 13.0. The molecule has 1 amide bonds. The zero-order valence-corrected chi connectivity index (χ0v) is 12.7. The molecule has 1 fully saturated rings. The Morgan fingerprint density at radius 3 is 2.68 bits per heavy atom. The van der Waals surface area contributed by atoms with E-state index in [-0.39, 0.29) is 17.1 Å². The van der Waals surface area contributed by atoms with Crippen molar-refractivity contribution in [1.82, 2.24) is 5.32 Å². The van der Waals surface area contributed by atoms with Gasteiger partial charge < -0.3 is 5.32 Å². The van der Waals surface area contributed by atoms with Crippen molar-refractivity contribution in [3.8, 4) is 0 Å². The minimum atomic E-state index is -0.343. The fraction of sp³-hybridized carbons (Fsp3) is 0.533. The monoisotopic (exact) mass is 327 g/mol. The summed E-state index contributed by atoms with van der Waals surface area (Å²) >= 11 is 3.23. The Labute approximate surface area is 121 Å². The van der Waals surface area contributed by atoms with Crippen molar-refractivity contribution in [3.63, 3.8) is 0 Å². The molecule has 2 nitrogen and oxygen atoms in total. The molecule has 0 bridgehead atoms. The number of nitrogens with one attached hydrogen (secondary N) is 1. The maximum absolute atomic E-state index is 13.0. The molecule has 1 aromatic rings. The third-order valence-corrected chi connectivity index (χ3v) is 4.87. The number of hydrogen-bond acceptors (Lipinski definition) is 1. The van der Waals surface area contributed by atoms with Gasteiger partial charge in [0, 0.05) is 11.0 Å². The fourth-order valence-electron chi connectivity index (χ4n) is 2.82. The van der Waals surface area contributed by atoms with E-state index in [9.17, 15) is 9.18 Å². The van der Waals surface area contributed by atoms with Gasteiger partial charge in [0.2, 0.25) is 0 Å². The summed E-state index contributed by atoms with van der Waals surface area (Å²) in [4.78, 5) is 12.1. The molecule has 0 saturated heterocycles. The molecule has 0 aliphatic heterocycles. The quantitative estimate of drug-likeness (QED) is 0.878. The van der Waals surface area contributed by atoms with Crippen molar-refractivity contribution in [3.05, 3.63) is 34.1 Å². The molecule has 0 aromatic heterocycles. The van der Waals surface area contributed by atoms with Crippen LogP contribution in [0.25, 0.3) is 0 Å². The summed E-state index contributed by atoms with van der Waals surface area (Å²) in [6.07, 6.45) is 5.98. The van der Waals surface area contributed by atoms with Crippen LogP contribution in [0.3, 0.4) is 0 Å². The van der Waals surface area contributed by atoms with Crippen LogP contribution in [0.4, 0.5) is 4.39 Å². The first-order valence-corrected chi connectivity index (χ1v) is 7.59. The van der Waals surface area contributed by atoms with Crippen LogP contribution < -0.4 is 5.32 Å². The molecular formula is C15H19BrFNO. The van der Waals surface area contributed by atoms with Crippen LogP contribution in [0.1, 0.15) is 49.4 Å². The molecule has 1 aromatic carbocycles. The molecule has 0 unspecified atom stereocenters. The fourth-order valence-corrected chi connectivity index (χ4v) is 3.35. The van der Waals surface area contributed by atoms with Gasteiger partial charge >= 0.3 is 0 Å².